The van der Waals surface area contributed by atoms with E-state index in [1.165, 1.54) is 24.7 Å². The van der Waals surface area contributed by atoms with Gasteiger partial charge in [0, 0.05) is 0 Å². The Balaban J connectivity index is 2.45. The fraction of sp³-hybridized carbons (Fsp3) is 0.538. The topological polar surface area (TPSA) is 0 Å². The molecule has 0 aliphatic heterocycles. The zero-order valence-electron chi connectivity index (χ0n) is 9.37. The summed E-state index contributed by atoms with van der Waals surface area (Å²) in [7, 11) is 2.42. The van der Waals surface area contributed by atoms with Gasteiger partial charge < -0.3 is 0 Å². The molecule has 1 atom stereocenters. The number of hydrogen-bond acceptors (Lipinski definition) is 0. The minimum Gasteiger partial charge on any atom is -0.0911 e. The minimum absolute atomic E-state index is 0.758. The summed E-state index contributed by atoms with van der Waals surface area (Å²) in [5, 5.41) is 0. The van der Waals surface area contributed by atoms with E-state index >= 15 is 0 Å². The predicted molar refractivity (Wildman–Crippen MR) is 65.7 cm³/mol. The summed E-state index contributed by atoms with van der Waals surface area (Å²) in [6, 6.07) is 0. The Kier molecular flexibility index (Phi) is 5.43. The van der Waals surface area contributed by atoms with Gasteiger partial charge in [0.2, 0.25) is 0 Å². The van der Waals surface area contributed by atoms with Crippen LogP contribution in [0.15, 0.2) is 35.9 Å². The molecule has 0 saturated heterocycles. The summed E-state index contributed by atoms with van der Waals surface area (Å²) in [4.78, 5) is 0. The van der Waals surface area contributed by atoms with Crippen LogP contribution in [0, 0.1) is 0 Å². The molecule has 0 saturated carbocycles. The quantitative estimate of drug-likeness (QED) is 0.568. The van der Waals surface area contributed by atoms with E-state index in [0.29, 0.717) is 0 Å². The Morgan fingerprint density at radius 3 is 2.93 bits per heavy atom. The molecule has 0 amide bonds. The van der Waals surface area contributed by atoms with Gasteiger partial charge in [-0.05, 0) is 6.42 Å². The van der Waals surface area contributed by atoms with Gasteiger partial charge in [0.05, 0.1) is 0 Å². The summed E-state index contributed by atoms with van der Waals surface area (Å²) in [6.07, 6.45) is 15.9. The summed E-state index contributed by atoms with van der Waals surface area (Å²) in [5.74, 6) is 0.758. The Hall–Kier alpha value is -0.715. The molecule has 0 heterocycles. The van der Waals surface area contributed by atoms with Gasteiger partial charge in [0.1, 0.15) is 0 Å². The van der Waals surface area contributed by atoms with Gasteiger partial charge >= 0.3 is 0 Å². The first kappa shape index (κ1) is 11.4. The van der Waals surface area contributed by atoms with Gasteiger partial charge in [-0.1, -0.05) is 74.8 Å². The summed E-state index contributed by atoms with van der Waals surface area (Å²) in [6.45, 7) is 4.53. The third-order valence-corrected chi connectivity index (χ3v) is 2.64. The van der Waals surface area contributed by atoms with E-state index in [0.717, 1.165) is 12.2 Å². The van der Waals surface area contributed by atoms with Gasteiger partial charge in [-0.25, -0.2) is 0 Å². The number of hydrogen-bond donors (Lipinski definition) is 0. The monoisotopic (exact) mass is 187 g/mol. The maximum atomic E-state index is 2.42. The van der Waals surface area contributed by atoms with Crippen molar-refractivity contribution in [2.45, 2.75) is 45.3 Å². The SMILES string of the molecule is CCCC([B]C1=CCC=CC=C1)CC. The molecular weight excluding hydrogens is 167 g/mol. The van der Waals surface area contributed by atoms with Crippen LogP contribution in [0.4, 0.5) is 0 Å². The molecule has 0 aromatic rings. The van der Waals surface area contributed by atoms with Gasteiger partial charge in [-0.2, -0.15) is 0 Å². The Bertz CT molecular complexity index is 236. The summed E-state index contributed by atoms with van der Waals surface area (Å²) < 4.78 is 0. The van der Waals surface area contributed by atoms with Crippen molar-refractivity contribution >= 4 is 7.28 Å². The smallest absolute Gasteiger partial charge is 0.0911 e. The lowest BCUT2D eigenvalue weighted by Crippen LogP contribution is -2.04. The standard InChI is InChI=1S/C13H20B/c1-3-9-12(4-2)14-13-10-7-5-6-8-11-13/h5-7,10-12H,3-4,8-9H2,1-2H3. The van der Waals surface area contributed by atoms with Crippen LogP contribution in [0.2, 0.25) is 5.82 Å². The van der Waals surface area contributed by atoms with Crippen LogP contribution < -0.4 is 0 Å². The van der Waals surface area contributed by atoms with Crippen molar-refractivity contribution in [2.75, 3.05) is 0 Å². The van der Waals surface area contributed by atoms with Crippen molar-refractivity contribution < 1.29 is 0 Å². The molecule has 0 spiro atoms. The summed E-state index contributed by atoms with van der Waals surface area (Å²) >= 11 is 0. The minimum atomic E-state index is 0.758. The highest BCUT2D eigenvalue weighted by Gasteiger charge is 2.08. The normalized spacial score (nSPS) is 17.4. The Morgan fingerprint density at radius 1 is 1.36 bits per heavy atom. The molecule has 0 bridgehead atoms. The fourth-order valence-corrected chi connectivity index (χ4v) is 1.77. The molecule has 1 rings (SSSR count). The number of rotatable bonds is 5. The van der Waals surface area contributed by atoms with Crippen molar-refractivity contribution in [1.82, 2.24) is 0 Å². The van der Waals surface area contributed by atoms with E-state index in [1.807, 2.05) is 0 Å². The van der Waals surface area contributed by atoms with E-state index in [9.17, 15) is 0 Å². The van der Waals surface area contributed by atoms with Crippen LogP contribution in [-0.2, 0) is 0 Å². The second-order valence-corrected chi connectivity index (χ2v) is 3.85. The fourth-order valence-electron chi connectivity index (χ4n) is 1.77. The zero-order valence-corrected chi connectivity index (χ0v) is 9.37. The lowest BCUT2D eigenvalue weighted by Gasteiger charge is -2.12. The third-order valence-electron chi connectivity index (χ3n) is 2.64. The van der Waals surface area contributed by atoms with Crippen LogP contribution in [0.3, 0.4) is 0 Å². The molecule has 1 unspecified atom stereocenters. The van der Waals surface area contributed by atoms with Crippen LogP contribution in [-0.4, -0.2) is 7.28 Å². The molecule has 0 nitrogen and oxygen atoms in total. The van der Waals surface area contributed by atoms with Gasteiger partial charge in [-0.3, -0.25) is 0 Å². The maximum Gasteiger partial charge on any atom is 0.154 e. The largest absolute Gasteiger partial charge is 0.154 e. The van der Waals surface area contributed by atoms with Gasteiger partial charge in [0.25, 0.3) is 0 Å². The van der Waals surface area contributed by atoms with Crippen LogP contribution in [0.1, 0.15) is 39.5 Å². The van der Waals surface area contributed by atoms with Crippen molar-refractivity contribution in [3.63, 3.8) is 0 Å². The second-order valence-electron chi connectivity index (χ2n) is 3.85. The average Bonchev–Trinajstić information content (AvgIpc) is 2.45. The first-order valence-electron chi connectivity index (χ1n) is 5.75. The lowest BCUT2D eigenvalue weighted by molar-refractivity contribution is 0.695. The van der Waals surface area contributed by atoms with Crippen LogP contribution in [0.5, 0.6) is 0 Å². The molecule has 1 radical (unpaired) electrons. The van der Waals surface area contributed by atoms with Crippen molar-refractivity contribution in [3.8, 4) is 0 Å². The Morgan fingerprint density at radius 2 is 2.21 bits per heavy atom. The molecule has 14 heavy (non-hydrogen) atoms. The molecule has 0 fully saturated rings. The van der Waals surface area contributed by atoms with Crippen molar-refractivity contribution in [1.29, 1.82) is 0 Å². The molecule has 0 N–H and O–H groups in total. The molecule has 75 valence electrons. The third kappa shape index (κ3) is 4.00. The molecule has 0 aromatic carbocycles. The van der Waals surface area contributed by atoms with E-state index in [-0.39, 0.29) is 0 Å². The lowest BCUT2D eigenvalue weighted by atomic mass is 9.56. The van der Waals surface area contributed by atoms with E-state index in [1.54, 1.807) is 0 Å². The van der Waals surface area contributed by atoms with Crippen molar-refractivity contribution in [2.24, 2.45) is 0 Å². The second kappa shape index (κ2) is 6.70. The van der Waals surface area contributed by atoms with Gasteiger partial charge in [0.15, 0.2) is 7.28 Å². The first-order chi connectivity index (χ1) is 6.86. The van der Waals surface area contributed by atoms with Gasteiger partial charge in [-0.15, -0.1) is 0 Å². The Labute approximate surface area is 89.0 Å². The molecule has 0 aromatic heterocycles. The van der Waals surface area contributed by atoms with Crippen LogP contribution >= 0.6 is 0 Å². The van der Waals surface area contributed by atoms with E-state index < -0.39 is 0 Å². The molecule has 1 heteroatoms. The zero-order chi connectivity index (χ0) is 10.2. The van der Waals surface area contributed by atoms with Crippen molar-refractivity contribution in [3.05, 3.63) is 35.9 Å². The first-order valence-corrected chi connectivity index (χ1v) is 5.75. The highest BCUT2D eigenvalue weighted by Crippen LogP contribution is 2.20. The average molecular weight is 187 g/mol. The molecule has 1 aliphatic carbocycles. The highest BCUT2D eigenvalue weighted by atomic mass is 14.0. The maximum absolute atomic E-state index is 2.42. The molecular formula is C13H20B. The molecule has 1 aliphatic rings. The predicted octanol–water partition coefficient (Wildman–Crippen LogP) is 4.09. The van der Waals surface area contributed by atoms with E-state index in [2.05, 4.69) is 51.5 Å². The number of allylic oxidation sites excluding steroid dienone is 6. The van der Waals surface area contributed by atoms with Crippen LogP contribution in [0.25, 0.3) is 0 Å². The summed E-state index contributed by atoms with van der Waals surface area (Å²) in [5.41, 5.74) is 1.40. The highest BCUT2D eigenvalue weighted by molar-refractivity contribution is 6.48. The van der Waals surface area contributed by atoms with E-state index in [4.69, 9.17) is 0 Å².